The van der Waals surface area contributed by atoms with Crippen LogP contribution in [0, 0.1) is 0 Å². The Morgan fingerprint density at radius 1 is 0.537 bits per heavy atom. The molecule has 0 fully saturated rings. The SMILES string of the molecule is CC(C)(C)c1ccc2c(c1)C=CC2.CC(C)(C)c1ccc2cccnc2c1.CC(C)(C)c1cnc2ccccc2c1. The van der Waals surface area contributed by atoms with Gasteiger partial charge in [-0.05, 0) is 74.7 Å². The molecule has 0 amide bonds. The van der Waals surface area contributed by atoms with Gasteiger partial charge in [0.25, 0.3) is 0 Å². The van der Waals surface area contributed by atoms with E-state index in [2.05, 4.69) is 145 Å². The fourth-order valence-corrected chi connectivity index (χ4v) is 4.73. The second kappa shape index (κ2) is 12.0. The predicted molar refractivity (Wildman–Crippen MR) is 179 cm³/mol. The van der Waals surface area contributed by atoms with Gasteiger partial charge in [0.15, 0.2) is 0 Å². The summed E-state index contributed by atoms with van der Waals surface area (Å²) in [6, 6.07) is 27.8. The summed E-state index contributed by atoms with van der Waals surface area (Å²) >= 11 is 0. The van der Waals surface area contributed by atoms with Crippen molar-refractivity contribution in [3.8, 4) is 0 Å². The minimum Gasteiger partial charge on any atom is -0.256 e. The van der Waals surface area contributed by atoms with Crippen molar-refractivity contribution in [2.75, 3.05) is 0 Å². The van der Waals surface area contributed by atoms with Gasteiger partial charge >= 0.3 is 0 Å². The smallest absolute Gasteiger partial charge is 0.0704 e. The molecule has 0 saturated carbocycles. The molecule has 2 heteroatoms. The summed E-state index contributed by atoms with van der Waals surface area (Å²) in [6.07, 6.45) is 9.39. The number of para-hydroxylation sites is 1. The summed E-state index contributed by atoms with van der Waals surface area (Å²) in [6.45, 7) is 20.1. The van der Waals surface area contributed by atoms with Gasteiger partial charge in [0.1, 0.15) is 0 Å². The molecule has 1 aliphatic rings. The maximum atomic E-state index is 4.45. The Balaban J connectivity index is 0.000000142. The molecule has 0 bridgehead atoms. The maximum absolute atomic E-state index is 4.45. The van der Waals surface area contributed by atoms with E-state index in [0.717, 1.165) is 17.5 Å². The maximum Gasteiger partial charge on any atom is 0.0704 e. The Bertz CT molecular complexity index is 1560. The molecule has 5 aromatic rings. The van der Waals surface area contributed by atoms with Crippen molar-refractivity contribution >= 4 is 27.9 Å². The van der Waals surface area contributed by atoms with Crippen LogP contribution >= 0.6 is 0 Å². The summed E-state index contributed by atoms with van der Waals surface area (Å²) in [5, 5.41) is 2.43. The van der Waals surface area contributed by atoms with Crippen LogP contribution in [-0.4, -0.2) is 9.97 Å². The Morgan fingerprint density at radius 2 is 1.17 bits per heavy atom. The van der Waals surface area contributed by atoms with Gasteiger partial charge in [-0.3, -0.25) is 9.97 Å². The highest BCUT2D eigenvalue weighted by Crippen LogP contribution is 2.28. The van der Waals surface area contributed by atoms with Crippen LogP contribution in [-0.2, 0) is 22.7 Å². The van der Waals surface area contributed by atoms with Crippen LogP contribution in [0.2, 0.25) is 0 Å². The molecule has 0 saturated heterocycles. The Morgan fingerprint density at radius 3 is 1.88 bits per heavy atom. The number of aromatic nitrogens is 2. The Labute approximate surface area is 247 Å². The average molecular weight is 543 g/mol. The molecule has 1 aliphatic carbocycles. The minimum atomic E-state index is 0.178. The summed E-state index contributed by atoms with van der Waals surface area (Å²) in [5.41, 5.74) is 9.73. The second-order valence-corrected chi connectivity index (χ2v) is 14.1. The fourth-order valence-electron chi connectivity index (χ4n) is 4.73. The van der Waals surface area contributed by atoms with Gasteiger partial charge in [-0.25, -0.2) is 0 Å². The zero-order chi connectivity index (χ0) is 29.8. The lowest BCUT2D eigenvalue weighted by Crippen LogP contribution is -2.11. The Kier molecular flexibility index (Phi) is 8.83. The first kappa shape index (κ1) is 30.2. The zero-order valence-corrected chi connectivity index (χ0v) is 26.4. The lowest BCUT2D eigenvalue weighted by molar-refractivity contribution is 0.588. The quantitative estimate of drug-likeness (QED) is 0.194. The zero-order valence-electron chi connectivity index (χ0n) is 26.4. The van der Waals surface area contributed by atoms with Gasteiger partial charge in [-0.15, -0.1) is 0 Å². The van der Waals surface area contributed by atoms with Gasteiger partial charge in [0.2, 0.25) is 0 Å². The van der Waals surface area contributed by atoms with E-state index in [1.807, 2.05) is 30.6 Å². The first-order valence-corrected chi connectivity index (χ1v) is 14.7. The molecule has 0 unspecified atom stereocenters. The topological polar surface area (TPSA) is 25.8 Å². The highest BCUT2D eigenvalue weighted by molar-refractivity contribution is 5.79. The number of nitrogens with zero attached hydrogens (tertiary/aromatic N) is 2. The largest absolute Gasteiger partial charge is 0.256 e. The summed E-state index contributed by atoms with van der Waals surface area (Å²) < 4.78 is 0. The highest BCUT2D eigenvalue weighted by Gasteiger charge is 2.16. The molecule has 0 aliphatic heterocycles. The van der Waals surface area contributed by atoms with E-state index < -0.39 is 0 Å². The van der Waals surface area contributed by atoms with E-state index in [-0.39, 0.29) is 16.2 Å². The number of hydrogen-bond donors (Lipinski definition) is 0. The molecule has 0 atom stereocenters. The monoisotopic (exact) mass is 542 g/mol. The lowest BCUT2D eigenvalue weighted by atomic mass is 9.85. The standard InChI is InChI=1S/2C13H15N.C13H16/c1-13(2,3)11-7-6-10-5-4-8-14-12(10)9-11;1-13(2,3)11-8-10-6-4-5-7-12(10)14-9-11;1-13(2,3)12-8-7-10-5-4-6-11(10)9-12/h2*4-9H,1-3H3;4,6-9H,5H2,1-3H3. The third kappa shape index (κ3) is 7.91. The molecule has 2 aromatic heterocycles. The average Bonchev–Trinajstić information content (AvgIpc) is 3.40. The van der Waals surface area contributed by atoms with Crippen LogP contribution in [0.1, 0.15) is 90.1 Å². The van der Waals surface area contributed by atoms with Crippen LogP contribution in [0.3, 0.4) is 0 Å². The summed E-state index contributed by atoms with van der Waals surface area (Å²) in [5.74, 6) is 0. The molecule has 41 heavy (non-hydrogen) atoms. The summed E-state index contributed by atoms with van der Waals surface area (Å²) in [7, 11) is 0. The molecule has 212 valence electrons. The van der Waals surface area contributed by atoms with Crippen LogP contribution in [0.4, 0.5) is 0 Å². The molecule has 2 nitrogen and oxygen atoms in total. The van der Waals surface area contributed by atoms with Crippen LogP contribution in [0.25, 0.3) is 27.9 Å². The molecule has 3 aromatic carbocycles. The molecule has 0 radical (unpaired) electrons. The number of benzene rings is 3. The number of allylic oxidation sites excluding steroid dienone is 1. The van der Waals surface area contributed by atoms with Crippen molar-refractivity contribution in [3.05, 3.63) is 125 Å². The third-order valence-corrected chi connectivity index (χ3v) is 7.58. The third-order valence-electron chi connectivity index (χ3n) is 7.58. The number of pyridine rings is 2. The van der Waals surface area contributed by atoms with Crippen molar-refractivity contribution in [2.45, 2.75) is 85.0 Å². The van der Waals surface area contributed by atoms with Crippen LogP contribution in [0.15, 0.2) is 97.3 Å². The van der Waals surface area contributed by atoms with E-state index >= 15 is 0 Å². The molecule has 0 spiro atoms. The van der Waals surface area contributed by atoms with Gasteiger partial charge in [0.05, 0.1) is 11.0 Å². The van der Waals surface area contributed by atoms with Crippen LogP contribution < -0.4 is 0 Å². The van der Waals surface area contributed by atoms with E-state index in [1.165, 1.54) is 38.6 Å². The first-order chi connectivity index (χ1) is 19.2. The van der Waals surface area contributed by atoms with Crippen molar-refractivity contribution in [3.63, 3.8) is 0 Å². The number of hydrogen-bond acceptors (Lipinski definition) is 2. The first-order valence-electron chi connectivity index (χ1n) is 14.7. The van der Waals surface area contributed by atoms with Crippen molar-refractivity contribution < 1.29 is 0 Å². The highest BCUT2D eigenvalue weighted by atomic mass is 14.7. The second-order valence-electron chi connectivity index (χ2n) is 14.1. The number of rotatable bonds is 0. The normalized spacial score (nSPS) is 12.8. The summed E-state index contributed by atoms with van der Waals surface area (Å²) in [4.78, 5) is 8.80. The number of fused-ring (bicyclic) bond motifs is 3. The molecular weight excluding hydrogens is 496 g/mol. The molecule has 0 N–H and O–H groups in total. The molecule has 6 rings (SSSR count). The van der Waals surface area contributed by atoms with Gasteiger partial charge in [-0.2, -0.15) is 0 Å². The van der Waals surface area contributed by atoms with Crippen LogP contribution in [0.5, 0.6) is 0 Å². The molecular formula is C39H46N2. The van der Waals surface area contributed by atoms with E-state index in [1.54, 1.807) is 0 Å². The lowest BCUT2D eigenvalue weighted by Gasteiger charge is -2.19. The predicted octanol–water partition coefficient (Wildman–Crippen LogP) is 10.6. The van der Waals surface area contributed by atoms with Crippen molar-refractivity contribution in [1.82, 2.24) is 9.97 Å². The van der Waals surface area contributed by atoms with Gasteiger partial charge < -0.3 is 0 Å². The van der Waals surface area contributed by atoms with Gasteiger partial charge in [-0.1, -0.05) is 129 Å². The van der Waals surface area contributed by atoms with E-state index in [4.69, 9.17) is 0 Å². The fraction of sp³-hybridized carbons (Fsp3) is 0.333. The minimum absolute atomic E-state index is 0.178. The Hall–Kier alpha value is -3.78. The van der Waals surface area contributed by atoms with Crippen molar-refractivity contribution in [2.24, 2.45) is 0 Å². The molecule has 2 heterocycles. The van der Waals surface area contributed by atoms with Crippen molar-refractivity contribution in [1.29, 1.82) is 0 Å². The van der Waals surface area contributed by atoms with Gasteiger partial charge in [0, 0.05) is 23.2 Å². The van der Waals surface area contributed by atoms with E-state index in [0.29, 0.717) is 0 Å². The van der Waals surface area contributed by atoms with E-state index in [9.17, 15) is 0 Å².